The lowest BCUT2D eigenvalue weighted by molar-refractivity contribution is 0.216. The van der Waals surface area contributed by atoms with E-state index in [1.54, 1.807) is 0 Å². The van der Waals surface area contributed by atoms with Crippen LogP contribution in [0.25, 0.3) is 0 Å². The predicted molar refractivity (Wildman–Crippen MR) is 74.2 cm³/mol. The highest BCUT2D eigenvalue weighted by Gasteiger charge is 2.26. The average molecular weight is 238 g/mol. The van der Waals surface area contributed by atoms with E-state index in [0.29, 0.717) is 0 Å². The van der Waals surface area contributed by atoms with Crippen LogP contribution < -0.4 is 5.32 Å². The van der Waals surface area contributed by atoms with Gasteiger partial charge in [-0.1, -0.05) is 26.7 Å². The van der Waals surface area contributed by atoms with Crippen molar-refractivity contribution in [3.05, 3.63) is 0 Å². The first kappa shape index (κ1) is 13.4. The molecule has 1 N–H and O–H groups in total. The molecule has 2 fully saturated rings. The quantitative estimate of drug-likeness (QED) is 0.810. The zero-order valence-electron chi connectivity index (χ0n) is 11.9. The lowest BCUT2D eigenvalue weighted by atomic mass is 9.79. The Morgan fingerprint density at radius 1 is 1.18 bits per heavy atom. The standard InChI is InChI=1S/C15H30N2/c1-12(2)13-6-4-7-14(10-13)16-11-15-8-5-9-17(15)3/h12-16H,4-11H2,1-3H3. The van der Waals surface area contributed by atoms with Crippen LogP contribution in [0.4, 0.5) is 0 Å². The topological polar surface area (TPSA) is 15.3 Å². The first-order valence-electron chi connectivity index (χ1n) is 7.60. The second-order valence-electron chi connectivity index (χ2n) is 6.55. The Morgan fingerprint density at radius 3 is 2.65 bits per heavy atom. The molecule has 1 aliphatic carbocycles. The second kappa shape index (κ2) is 6.19. The SMILES string of the molecule is CC(C)C1CCCC(NCC2CCCN2C)C1. The van der Waals surface area contributed by atoms with Gasteiger partial charge in [0.1, 0.15) is 0 Å². The van der Waals surface area contributed by atoms with Crippen molar-refractivity contribution in [1.82, 2.24) is 10.2 Å². The third kappa shape index (κ3) is 3.69. The van der Waals surface area contributed by atoms with Gasteiger partial charge in [0.05, 0.1) is 0 Å². The van der Waals surface area contributed by atoms with Crippen LogP contribution in [-0.2, 0) is 0 Å². The van der Waals surface area contributed by atoms with Gasteiger partial charge in [0, 0.05) is 18.6 Å². The number of rotatable bonds is 4. The molecule has 1 saturated carbocycles. The molecule has 0 radical (unpaired) electrons. The molecule has 2 nitrogen and oxygen atoms in total. The van der Waals surface area contributed by atoms with Crippen LogP contribution in [0.15, 0.2) is 0 Å². The minimum atomic E-state index is 0.796. The number of likely N-dealkylation sites (tertiary alicyclic amines) is 1. The summed E-state index contributed by atoms with van der Waals surface area (Å²) >= 11 is 0. The van der Waals surface area contributed by atoms with E-state index in [1.807, 2.05) is 0 Å². The maximum absolute atomic E-state index is 3.84. The van der Waals surface area contributed by atoms with Crippen molar-refractivity contribution in [3.63, 3.8) is 0 Å². The predicted octanol–water partition coefficient (Wildman–Crippen LogP) is 2.89. The lowest BCUT2D eigenvalue weighted by Crippen LogP contribution is -2.42. The summed E-state index contributed by atoms with van der Waals surface area (Å²) < 4.78 is 0. The summed E-state index contributed by atoms with van der Waals surface area (Å²) in [7, 11) is 2.27. The maximum Gasteiger partial charge on any atom is 0.0218 e. The highest BCUT2D eigenvalue weighted by Crippen LogP contribution is 2.30. The molecule has 3 unspecified atom stereocenters. The smallest absolute Gasteiger partial charge is 0.0218 e. The molecule has 2 heteroatoms. The first-order valence-corrected chi connectivity index (χ1v) is 7.60. The molecule has 0 amide bonds. The van der Waals surface area contributed by atoms with E-state index in [0.717, 1.165) is 23.9 Å². The zero-order chi connectivity index (χ0) is 12.3. The second-order valence-corrected chi connectivity index (χ2v) is 6.55. The Morgan fingerprint density at radius 2 is 2.00 bits per heavy atom. The minimum Gasteiger partial charge on any atom is -0.312 e. The van der Waals surface area contributed by atoms with Gasteiger partial charge >= 0.3 is 0 Å². The van der Waals surface area contributed by atoms with Gasteiger partial charge in [-0.2, -0.15) is 0 Å². The van der Waals surface area contributed by atoms with Gasteiger partial charge in [-0.25, -0.2) is 0 Å². The molecule has 0 aromatic heterocycles. The number of likely N-dealkylation sites (N-methyl/N-ethyl adjacent to an activating group) is 1. The van der Waals surface area contributed by atoms with Gasteiger partial charge in [0.25, 0.3) is 0 Å². The normalized spacial score (nSPS) is 35.6. The Kier molecular flexibility index (Phi) is 4.87. The summed E-state index contributed by atoms with van der Waals surface area (Å²) in [5, 5.41) is 3.84. The molecule has 1 heterocycles. The van der Waals surface area contributed by atoms with Crippen LogP contribution in [0.2, 0.25) is 0 Å². The molecule has 100 valence electrons. The van der Waals surface area contributed by atoms with Crippen LogP contribution in [-0.4, -0.2) is 37.1 Å². The summed E-state index contributed by atoms with van der Waals surface area (Å²) in [6.07, 6.45) is 8.49. The molecule has 0 aromatic rings. The molecular weight excluding hydrogens is 208 g/mol. The van der Waals surface area contributed by atoms with Crippen LogP contribution in [0, 0.1) is 11.8 Å². The van der Waals surface area contributed by atoms with E-state index < -0.39 is 0 Å². The third-order valence-electron chi connectivity index (χ3n) is 4.97. The van der Waals surface area contributed by atoms with Crippen molar-refractivity contribution in [2.24, 2.45) is 11.8 Å². The van der Waals surface area contributed by atoms with Crippen LogP contribution in [0.5, 0.6) is 0 Å². The van der Waals surface area contributed by atoms with Crippen molar-refractivity contribution < 1.29 is 0 Å². The monoisotopic (exact) mass is 238 g/mol. The number of hydrogen-bond donors (Lipinski definition) is 1. The number of hydrogen-bond acceptors (Lipinski definition) is 2. The summed E-state index contributed by atoms with van der Waals surface area (Å²) in [4.78, 5) is 2.52. The summed E-state index contributed by atoms with van der Waals surface area (Å²) in [5.41, 5.74) is 0. The van der Waals surface area contributed by atoms with Crippen LogP contribution in [0.3, 0.4) is 0 Å². The number of nitrogens with zero attached hydrogens (tertiary/aromatic N) is 1. The van der Waals surface area contributed by atoms with E-state index in [9.17, 15) is 0 Å². The lowest BCUT2D eigenvalue weighted by Gasteiger charge is -2.33. The molecule has 2 aliphatic rings. The van der Waals surface area contributed by atoms with Gasteiger partial charge in [-0.3, -0.25) is 0 Å². The molecule has 2 rings (SSSR count). The highest BCUT2D eigenvalue weighted by molar-refractivity contribution is 4.83. The maximum atomic E-state index is 3.84. The van der Waals surface area contributed by atoms with E-state index in [1.165, 1.54) is 51.6 Å². The minimum absolute atomic E-state index is 0.796. The van der Waals surface area contributed by atoms with Gasteiger partial charge in [0.2, 0.25) is 0 Å². The molecule has 17 heavy (non-hydrogen) atoms. The zero-order valence-corrected chi connectivity index (χ0v) is 11.9. The number of nitrogens with one attached hydrogen (secondary N) is 1. The van der Waals surface area contributed by atoms with Crippen LogP contribution in [0.1, 0.15) is 52.4 Å². The third-order valence-corrected chi connectivity index (χ3v) is 4.97. The summed E-state index contributed by atoms with van der Waals surface area (Å²) in [6, 6.07) is 1.60. The molecule has 0 aromatic carbocycles. The molecule has 1 saturated heterocycles. The summed E-state index contributed by atoms with van der Waals surface area (Å²) in [5.74, 6) is 1.83. The van der Waals surface area contributed by atoms with Gasteiger partial charge in [-0.15, -0.1) is 0 Å². The van der Waals surface area contributed by atoms with E-state index in [2.05, 4.69) is 31.1 Å². The molecule has 3 atom stereocenters. The first-order chi connectivity index (χ1) is 8.16. The van der Waals surface area contributed by atoms with Gasteiger partial charge < -0.3 is 10.2 Å². The Hall–Kier alpha value is -0.0800. The van der Waals surface area contributed by atoms with Crippen molar-refractivity contribution in [2.45, 2.75) is 64.5 Å². The Balaban J connectivity index is 1.71. The Bertz CT molecular complexity index is 227. The molecule has 1 aliphatic heterocycles. The Labute approximate surface area is 107 Å². The fourth-order valence-electron chi connectivity index (χ4n) is 3.56. The largest absolute Gasteiger partial charge is 0.312 e. The van der Waals surface area contributed by atoms with Crippen molar-refractivity contribution in [3.8, 4) is 0 Å². The fourth-order valence-corrected chi connectivity index (χ4v) is 3.56. The van der Waals surface area contributed by atoms with Gasteiger partial charge in [-0.05, 0) is 51.1 Å². The van der Waals surface area contributed by atoms with Crippen molar-refractivity contribution >= 4 is 0 Å². The van der Waals surface area contributed by atoms with Gasteiger partial charge in [0.15, 0.2) is 0 Å². The molecule has 0 spiro atoms. The fraction of sp³-hybridized carbons (Fsp3) is 1.00. The highest BCUT2D eigenvalue weighted by atomic mass is 15.2. The van der Waals surface area contributed by atoms with Crippen molar-refractivity contribution in [2.75, 3.05) is 20.1 Å². The molecule has 0 bridgehead atoms. The van der Waals surface area contributed by atoms with E-state index in [-0.39, 0.29) is 0 Å². The van der Waals surface area contributed by atoms with E-state index >= 15 is 0 Å². The van der Waals surface area contributed by atoms with Crippen molar-refractivity contribution in [1.29, 1.82) is 0 Å². The van der Waals surface area contributed by atoms with Crippen LogP contribution >= 0.6 is 0 Å². The molecular formula is C15H30N2. The average Bonchev–Trinajstić information content (AvgIpc) is 2.72. The summed E-state index contributed by atoms with van der Waals surface area (Å²) in [6.45, 7) is 7.28. The van der Waals surface area contributed by atoms with E-state index in [4.69, 9.17) is 0 Å².